The van der Waals surface area contributed by atoms with Gasteiger partial charge in [-0.15, -0.1) is 0 Å². The van der Waals surface area contributed by atoms with Gasteiger partial charge in [0.05, 0.1) is 31.6 Å². The van der Waals surface area contributed by atoms with E-state index in [4.69, 9.17) is 9.47 Å². The summed E-state index contributed by atoms with van der Waals surface area (Å²) in [4.78, 5) is 17.7. The number of nitrogens with one attached hydrogen (secondary N) is 1. The first kappa shape index (κ1) is 19.5. The van der Waals surface area contributed by atoms with Crippen LogP contribution in [-0.4, -0.2) is 39.3 Å². The number of anilines is 3. The van der Waals surface area contributed by atoms with Crippen molar-refractivity contribution in [3.05, 3.63) is 83.9 Å². The third kappa shape index (κ3) is 3.59. The Labute approximate surface area is 182 Å². The van der Waals surface area contributed by atoms with Gasteiger partial charge in [-0.25, -0.2) is 0 Å². The third-order valence-corrected chi connectivity index (χ3v) is 5.86. The minimum absolute atomic E-state index is 0.0545. The Morgan fingerprint density at radius 3 is 2.42 bits per heavy atom. The van der Waals surface area contributed by atoms with E-state index >= 15 is 0 Å². The van der Waals surface area contributed by atoms with E-state index in [9.17, 15) is 4.79 Å². The Bertz CT molecular complexity index is 1080. The average molecular weight is 415 g/mol. The minimum Gasteiger partial charge on any atom is -0.495 e. The molecule has 2 aliphatic heterocycles. The largest absolute Gasteiger partial charge is 0.495 e. The molecule has 0 spiro atoms. The number of ether oxygens (including phenoxy) is 2. The first-order valence-corrected chi connectivity index (χ1v) is 10.5. The summed E-state index contributed by atoms with van der Waals surface area (Å²) in [5.41, 5.74) is 4.39. The van der Waals surface area contributed by atoms with Crippen molar-refractivity contribution in [2.45, 2.75) is 6.17 Å². The lowest BCUT2D eigenvalue weighted by atomic mass is 10.0. The molecule has 3 aromatic carbocycles. The van der Waals surface area contributed by atoms with E-state index in [1.807, 2.05) is 48.5 Å². The number of methoxy groups -OCH3 is 1. The lowest BCUT2D eigenvalue weighted by molar-refractivity contribution is 0.0974. The van der Waals surface area contributed by atoms with Crippen molar-refractivity contribution in [2.75, 3.05) is 48.5 Å². The Kier molecular flexibility index (Phi) is 5.22. The van der Waals surface area contributed by atoms with Crippen LogP contribution in [0.5, 0.6) is 5.75 Å². The number of morpholine rings is 1. The van der Waals surface area contributed by atoms with Crippen molar-refractivity contribution >= 4 is 23.0 Å². The van der Waals surface area contributed by atoms with Gasteiger partial charge >= 0.3 is 0 Å². The first-order chi connectivity index (χ1) is 15.3. The van der Waals surface area contributed by atoms with Crippen LogP contribution in [0.4, 0.5) is 17.1 Å². The minimum atomic E-state index is -0.350. The van der Waals surface area contributed by atoms with Crippen LogP contribution in [0.25, 0.3) is 0 Å². The van der Waals surface area contributed by atoms with Gasteiger partial charge in [0.15, 0.2) is 0 Å². The number of fused-ring (bicyclic) bond motifs is 1. The van der Waals surface area contributed by atoms with Crippen LogP contribution in [0, 0.1) is 0 Å². The molecule has 2 aliphatic rings. The molecular formula is C25H25N3O3. The molecule has 0 aliphatic carbocycles. The van der Waals surface area contributed by atoms with Gasteiger partial charge in [0.25, 0.3) is 5.91 Å². The number of carbonyl (C=O) groups is 1. The number of para-hydroxylation sites is 3. The third-order valence-electron chi connectivity index (χ3n) is 5.86. The highest BCUT2D eigenvalue weighted by Crippen LogP contribution is 2.40. The molecule has 0 radical (unpaired) electrons. The van der Waals surface area contributed by atoms with Gasteiger partial charge in [0.1, 0.15) is 11.9 Å². The maximum absolute atomic E-state index is 13.6. The summed E-state index contributed by atoms with van der Waals surface area (Å²) in [6.45, 7) is 3.28. The van der Waals surface area contributed by atoms with Crippen molar-refractivity contribution in [3.63, 3.8) is 0 Å². The molecule has 3 aromatic rings. The van der Waals surface area contributed by atoms with Crippen LogP contribution < -0.4 is 19.9 Å². The Balaban J connectivity index is 1.55. The lowest BCUT2D eigenvalue weighted by Gasteiger charge is -2.38. The average Bonchev–Trinajstić information content (AvgIpc) is 2.85. The zero-order valence-corrected chi connectivity index (χ0v) is 17.5. The monoisotopic (exact) mass is 415 g/mol. The Morgan fingerprint density at radius 1 is 0.935 bits per heavy atom. The highest BCUT2D eigenvalue weighted by atomic mass is 16.5. The molecule has 1 fully saturated rings. The Hall–Kier alpha value is -3.51. The van der Waals surface area contributed by atoms with E-state index < -0.39 is 0 Å². The van der Waals surface area contributed by atoms with E-state index in [1.165, 1.54) is 5.69 Å². The van der Waals surface area contributed by atoms with Crippen LogP contribution in [0.3, 0.4) is 0 Å². The van der Waals surface area contributed by atoms with Crippen LogP contribution in [0.1, 0.15) is 22.1 Å². The number of benzene rings is 3. The second-order valence-electron chi connectivity index (χ2n) is 7.63. The van der Waals surface area contributed by atoms with Gasteiger partial charge in [-0.3, -0.25) is 9.69 Å². The van der Waals surface area contributed by atoms with Crippen LogP contribution in [0.15, 0.2) is 72.8 Å². The molecule has 1 amide bonds. The van der Waals surface area contributed by atoms with Gasteiger partial charge in [-0.2, -0.15) is 0 Å². The molecule has 158 valence electrons. The van der Waals surface area contributed by atoms with E-state index in [2.05, 4.69) is 34.5 Å². The normalized spacial score (nSPS) is 18.4. The molecule has 1 N–H and O–H groups in total. The van der Waals surface area contributed by atoms with Crippen molar-refractivity contribution in [1.29, 1.82) is 0 Å². The van der Waals surface area contributed by atoms with Gasteiger partial charge in [0, 0.05) is 24.5 Å². The predicted octanol–water partition coefficient (Wildman–Crippen LogP) is 4.30. The highest BCUT2D eigenvalue weighted by Gasteiger charge is 2.35. The molecular weight excluding hydrogens is 390 g/mol. The summed E-state index contributed by atoms with van der Waals surface area (Å²) in [7, 11) is 1.63. The number of carbonyl (C=O) groups excluding carboxylic acids is 1. The van der Waals surface area contributed by atoms with E-state index in [-0.39, 0.29) is 12.1 Å². The molecule has 0 aromatic heterocycles. The fraction of sp³-hybridized carbons (Fsp3) is 0.240. The molecule has 1 unspecified atom stereocenters. The second-order valence-corrected chi connectivity index (χ2v) is 7.63. The molecule has 0 bridgehead atoms. The predicted molar refractivity (Wildman–Crippen MR) is 122 cm³/mol. The number of rotatable bonds is 4. The van der Waals surface area contributed by atoms with E-state index in [0.29, 0.717) is 11.3 Å². The van der Waals surface area contributed by atoms with Gasteiger partial charge < -0.3 is 19.7 Å². The second kappa shape index (κ2) is 8.32. The summed E-state index contributed by atoms with van der Waals surface area (Å²) in [6.07, 6.45) is -0.350. The summed E-state index contributed by atoms with van der Waals surface area (Å²) in [5.74, 6) is 0.605. The summed E-state index contributed by atoms with van der Waals surface area (Å²) in [5, 5.41) is 3.56. The van der Waals surface area contributed by atoms with Crippen LogP contribution in [-0.2, 0) is 4.74 Å². The quantitative estimate of drug-likeness (QED) is 0.689. The van der Waals surface area contributed by atoms with Gasteiger partial charge in [0.2, 0.25) is 0 Å². The topological polar surface area (TPSA) is 54.0 Å². The molecule has 5 rings (SSSR count). The maximum atomic E-state index is 13.6. The first-order valence-electron chi connectivity index (χ1n) is 10.5. The zero-order chi connectivity index (χ0) is 21.2. The van der Waals surface area contributed by atoms with Crippen molar-refractivity contribution < 1.29 is 14.3 Å². The fourth-order valence-electron chi connectivity index (χ4n) is 4.25. The SMILES string of the molecule is COc1ccccc1N1C(=O)c2ccccc2NC1c1ccc(N2CCOCC2)cc1. The number of hydrogen-bond acceptors (Lipinski definition) is 5. The highest BCUT2D eigenvalue weighted by molar-refractivity contribution is 6.12. The molecule has 0 saturated carbocycles. The van der Waals surface area contributed by atoms with E-state index in [1.54, 1.807) is 12.0 Å². The van der Waals surface area contributed by atoms with Crippen molar-refractivity contribution in [1.82, 2.24) is 0 Å². The van der Waals surface area contributed by atoms with Crippen LogP contribution >= 0.6 is 0 Å². The molecule has 1 saturated heterocycles. The van der Waals surface area contributed by atoms with Crippen molar-refractivity contribution in [2.24, 2.45) is 0 Å². The molecule has 1 atom stereocenters. The number of hydrogen-bond donors (Lipinski definition) is 1. The smallest absolute Gasteiger partial charge is 0.262 e. The van der Waals surface area contributed by atoms with E-state index in [0.717, 1.165) is 43.2 Å². The van der Waals surface area contributed by atoms with Crippen LogP contribution in [0.2, 0.25) is 0 Å². The maximum Gasteiger partial charge on any atom is 0.262 e. The molecule has 6 heteroatoms. The standard InChI is InChI=1S/C25H25N3O3/c1-30-23-9-5-4-8-22(23)28-24(26-21-7-3-2-6-20(21)25(28)29)18-10-12-19(13-11-18)27-14-16-31-17-15-27/h2-13,24,26H,14-17H2,1H3. The van der Waals surface area contributed by atoms with Gasteiger partial charge in [-0.1, -0.05) is 36.4 Å². The molecule has 2 heterocycles. The zero-order valence-electron chi connectivity index (χ0n) is 17.5. The Morgan fingerprint density at radius 2 is 1.65 bits per heavy atom. The summed E-state index contributed by atoms with van der Waals surface area (Å²) < 4.78 is 11.0. The summed E-state index contributed by atoms with van der Waals surface area (Å²) >= 11 is 0. The summed E-state index contributed by atoms with van der Waals surface area (Å²) in [6, 6.07) is 23.7. The molecule has 6 nitrogen and oxygen atoms in total. The number of amides is 1. The fourth-order valence-corrected chi connectivity index (χ4v) is 4.25. The van der Waals surface area contributed by atoms with Crippen molar-refractivity contribution in [3.8, 4) is 5.75 Å². The van der Waals surface area contributed by atoms with Gasteiger partial charge in [-0.05, 0) is 42.0 Å². The lowest BCUT2D eigenvalue weighted by Crippen LogP contribution is -2.43. The molecule has 31 heavy (non-hydrogen) atoms. The number of nitrogens with zero attached hydrogens (tertiary/aromatic N) is 2.